The molecule has 160 valence electrons. The van der Waals surface area contributed by atoms with Gasteiger partial charge in [-0.2, -0.15) is 4.31 Å². The minimum atomic E-state index is -3.61. The fourth-order valence-electron chi connectivity index (χ4n) is 3.33. The number of hydrogen-bond acceptors (Lipinski definition) is 4. The molecule has 6 nitrogen and oxygen atoms in total. The van der Waals surface area contributed by atoms with E-state index in [1.165, 1.54) is 35.7 Å². The average molecular weight is 433 g/mol. The molecule has 1 saturated heterocycles. The third kappa shape index (κ3) is 4.71. The van der Waals surface area contributed by atoms with Gasteiger partial charge in [0.05, 0.1) is 12.0 Å². The zero-order valence-corrected chi connectivity index (χ0v) is 18.1. The van der Waals surface area contributed by atoms with Crippen molar-refractivity contribution in [2.45, 2.75) is 18.7 Å². The molecule has 2 aromatic carbocycles. The van der Waals surface area contributed by atoms with E-state index in [1.807, 2.05) is 13.0 Å². The Bertz CT molecular complexity index is 1070. The fourth-order valence-corrected chi connectivity index (χ4v) is 5.06. The van der Waals surface area contributed by atoms with Gasteiger partial charge in [0, 0.05) is 32.3 Å². The molecule has 1 aliphatic heterocycles. The van der Waals surface area contributed by atoms with Crippen LogP contribution in [0.1, 0.15) is 16.7 Å². The second kappa shape index (κ2) is 8.97. The van der Waals surface area contributed by atoms with Gasteiger partial charge in [0.1, 0.15) is 0 Å². The van der Waals surface area contributed by atoms with Crippen LogP contribution in [0.25, 0.3) is 6.08 Å². The first-order chi connectivity index (χ1) is 14.2. The van der Waals surface area contributed by atoms with E-state index in [1.54, 1.807) is 30.0 Å². The highest BCUT2D eigenvalue weighted by molar-refractivity contribution is 7.89. The van der Waals surface area contributed by atoms with E-state index in [-0.39, 0.29) is 24.7 Å². The fraction of sp³-hybridized carbons (Fsp3) is 0.318. The summed E-state index contributed by atoms with van der Waals surface area (Å²) in [6.07, 6.45) is 2.90. The Hall–Kier alpha value is -2.71. The maximum Gasteiger partial charge on any atom is 0.246 e. The molecule has 0 aromatic heterocycles. The van der Waals surface area contributed by atoms with Crippen molar-refractivity contribution in [3.63, 3.8) is 0 Å². The van der Waals surface area contributed by atoms with Crippen molar-refractivity contribution in [3.8, 4) is 5.75 Å². The maximum atomic E-state index is 13.8. The Balaban J connectivity index is 1.64. The van der Waals surface area contributed by atoms with Gasteiger partial charge in [-0.15, -0.1) is 0 Å². The van der Waals surface area contributed by atoms with Crippen molar-refractivity contribution < 1.29 is 22.3 Å². The molecule has 0 atom stereocenters. The van der Waals surface area contributed by atoms with E-state index in [2.05, 4.69) is 0 Å². The molecule has 1 aliphatic rings. The van der Waals surface area contributed by atoms with Crippen molar-refractivity contribution in [2.24, 2.45) is 0 Å². The van der Waals surface area contributed by atoms with E-state index in [4.69, 9.17) is 4.74 Å². The molecule has 8 heteroatoms. The lowest BCUT2D eigenvalue weighted by molar-refractivity contribution is -0.127. The van der Waals surface area contributed by atoms with Gasteiger partial charge >= 0.3 is 0 Å². The first-order valence-corrected chi connectivity index (χ1v) is 11.0. The number of nitrogens with zero attached hydrogens (tertiary/aromatic N) is 2. The van der Waals surface area contributed by atoms with Crippen LogP contribution in [0.15, 0.2) is 47.4 Å². The van der Waals surface area contributed by atoms with Gasteiger partial charge in [-0.3, -0.25) is 4.79 Å². The van der Waals surface area contributed by atoms with E-state index < -0.39 is 15.8 Å². The van der Waals surface area contributed by atoms with E-state index in [9.17, 15) is 17.6 Å². The predicted molar refractivity (Wildman–Crippen MR) is 113 cm³/mol. The summed E-state index contributed by atoms with van der Waals surface area (Å²) in [5, 5.41) is 0. The number of benzene rings is 2. The molecule has 0 N–H and O–H groups in total. The van der Waals surface area contributed by atoms with E-state index >= 15 is 0 Å². The van der Waals surface area contributed by atoms with Crippen LogP contribution in [-0.4, -0.2) is 56.8 Å². The van der Waals surface area contributed by atoms with Gasteiger partial charge in [-0.05, 0) is 54.8 Å². The van der Waals surface area contributed by atoms with Gasteiger partial charge in [0.25, 0.3) is 0 Å². The first kappa shape index (κ1) is 22.0. The third-order valence-electron chi connectivity index (χ3n) is 5.11. The minimum absolute atomic E-state index is 0.139. The van der Waals surface area contributed by atoms with Crippen molar-refractivity contribution in [1.29, 1.82) is 0 Å². The summed E-state index contributed by atoms with van der Waals surface area (Å²) in [5.74, 6) is -0.605. The molecule has 0 aliphatic carbocycles. The van der Waals surface area contributed by atoms with Crippen LogP contribution in [0.3, 0.4) is 0 Å². The van der Waals surface area contributed by atoms with Gasteiger partial charge in [-0.25, -0.2) is 12.8 Å². The van der Waals surface area contributed by atoms with Crippen molar-refractivity contribution >= 4 is 22.0 Å². The summed E-state index contributed by atoms with van der Waals surface area (Å²) in [5.41, 5.74) is 2.12. The number of methoxy groups -OCH3 is 1. The van der Waals surface area contributed by atoms with Gasteiger partial charge in [-0.1, -0.05) is 18.2 Å². The monoisotopic (exact) mass is 432 g/mol. The number of rotatable bonds is 5. The highest BCUT2D eigenvalue weighted by atomic mass is 32.2. The van der Waals surface area contributed by atoms with Gasteiger partial charge in [0.2, 0.25) is 15.9 Å². The highest BCUT2D eigenvalue weighted by Gasteiger charge is 2.30. The number of ether oxygens (including phenoxy) is 1. The number of aryl methyl sites for hydroxylation is 2. The topological polar surface area (TPSA) is 66.9 Å². The second-order valence-corrected chi connectivity index (χ2v) is 9.13. The summed E-state index contributed by atoms with van der Waals surface area (Å²) in [4.78, 5) is 14.4. The third-order valence-corrected chi connectivity index (χ3v) is 7.15. The minimum Gasteiger partial charge on any atom is -0.494 e. The van der Waals surface area contributed by atoms with Crippen molar-refractivity contribution in [3.05, 3.63) is 65.0 Å². The summed E-state index contributed by atoms with van der Waals surface area (Å²) in [7, 11) is -2.22. The number of amides is 1. The molecule has 1 fully saturated rings. The number of carbonyl (C=O) groups excluding carboxylic acids is 1. The summed E-state index contributed by atoms with van der Waals surface area (Å²) < 4.78 is 46.0. The molecule has 0 unspecified atom stereocenters. The molecule has 30 heavy (non-hydrogen) atoms. The van der Waals surface area contributed by atoms with Crippen LogP contribution in [0, 0.1) is 19.7 Å². The molecule has 1 heterocycles. The largest absolute Gasteiger partial charge is 0.494 e. The molecule has 0 radical (unpaired) electrons. The predicted octanol–water partition coefficient (Wildman–Crippen LogP) is 3.00. The van der Waals surface area contributed by atoms with Crippen molar-refractivity contribution in [1.82, 2.24) is 9.21 Å². The van der Waals surface area contributed by atoms with E-state index in [0.717, 1.165) is 5.56 Å². The smallest absolute Gasteiger partial charge is 0.246 e. The van der Waals surface area contributed by atoms with Crippen LogP contribution in [0.2, 0.25) is 0 Å². The SMILES string of the molecule is COc1ccc(/C=C/C(=O)N2CCN(S(=O)(=O)c3cc(C)ccc3C)CC2)cc1F. The summed E-state index contributed by atoms with van der Waals surface area (Å²) in [6, 6.07) is 9.80. The quantitative estimate of drug-likeness (QED) is 0.682. The van der Waals surface area contributed by atoms with Crippen LogP contribution in [0.4, 0.5) is 4.39 Å². The number of halogens is 1. The molecule has 2 aromatic rings. The molecule has 0 saturated carbocycles. The van der Waals surface area contributed by atoms with Gasteiger partial charge < -0.3 is 9.64 Å². The normalized spacial score (nSPS) is 15.5. The van der Waals surface area contributed by atoms with Gasteiger partial charge in [0.15, 0.2) is 11.6 Å². The molecule has 3 rings (SSSR count). The molecule has 1 amide bonds. The Morgan fingerprint density at radius 2 is 1.77 bits per heavy atom. The zero-order valence-electron chi connectivity index (χ0n) is 17.3. The number of carbonyl (C=O) groups is 1. The standard InChI is InChI=1S/C22H25FN2O4S/c1-16-4-5-17(2)21(14-16)30(27,28)25-12-10-24(11-13-25)22(26)9-7-18-6-8-20(29-3)19(23)15-18/h4-9,14-15H,10-13H2,1-3H3/b9-7+. The zero-order chi connectivity index (χ0) is 21.9. The highest BCUT2D eigenvalue weighted by Crippen LogP contribution is 2.23. The Labute approximate surface area is 176 Å². The summed E-state index contributed by atoms with van der Waals surface area (Å²) in [6.45, 7) is 4.68. The number of piperazine rings is 1. The first-order valence-electron chi connectivity index (χ1n) is 9.60. The van der Waals surface area contributed by atoms with Crippen LogP contribution in [0.5, 0.6) is 5.75 Å². The average Bonchev–Trinajstić information content (AvgIpc) is 2.73. The lowest BCUT2D eigenvalue weighted by Gasteiger charge is -2.33. The molecular formula is C22H25FN2O4S. The summed E-state index contributed by atoms with van der Waals surface area (Å²) >= 11 is 0. The number of sulfonamides is 1. The van der Waals surface area contributed by atoms with E-state index in [0.29, 0.717) is 29.1 Å². The number of hydrogen-bond donors (Lipinski definition) is 0. The molecule has 0 bridgehead atoms. The molecular weight excluding hydrogens is 407 g/mol. The Morgan fingerprint density at radius 1 is 1.07 bits per heavy atom. The second-order valence-electron chi connectivity index (χ2n) is 7.23. The van der Waals surface area contributed by atoms with Crippen LogP contribution in [-0.2, 0) is 14.8 Å². The van der Waals surface area contributed by atoms with Crippen molar-refractivity contribution in [2.75, 3.05) is 33.3 Å². The Morgan fingerprint density at radius 3 is 2.40 bits per heavy atom. The van der Waals surface area contributed by atoms with Crippen LogP contribution >= 0.6 is 0 Å². The Kier molecular flexibility index (Phi) is 6.58. The van der Waals surface area contributed by atoms with Crippen LogP contribution < -0.4 is 4.74 Å². The lowest BCUT2D eigenvalue weighted by atomic mass is 10.2. The molecule has 0 spiro atoms. The lowest BCUT2D eigenvalue weighted by Crippen LogP contribution is -2.50. The maximum absolute atomic E-state index is 13.8.